The van der Waals surface area contributed by atoms with E-state index < -0.39 is 10.0 Å². The van der Waals surface area contributed by atoms with E-state index in [4.69, 9.17) is 4.74 Å². The van der Waals surface area contributed by atoms with Crippen molar-refractivity contribution in [1.29, 1.82) is 0 Å². The molecule has 0 unspecified atom stereocenters. The molecule has 0 aliphatic carbocycles. The molecule has 29 heavy (non-hydrogen) atoms. The molecule has 0 spiro atoms. The molecule has 0 saturated carbocycles. The van der Waals surface area contributed by atoms with Crippen LogP contribution in [-0.2, 0) is 10.0 Å². The van der Waals surface area contributed by atoms with Gasteiger partial charge in [0.15, 0.2) is 0 Å². The van der Waals surface area contributed by atoms with E-state index in [1.54, 1.807) is 12.1 Å². The van der Waals surface area contributed by atoms with Gasteiger partial charge in [-0.15, -0.1) is 0 Å². The largest absolute Gasteiger partial charge is 0.439 e. The molecule has 0 radical (unpaired) electrons. The highest BCUT2D eigenvalue weighted by Crippen LogP contribution is 2.22. The first kappa shape index (κ1) is 21.7. The van der Waals surface area contributed by atoms with Gasteiger partial charge < -0.3 is 10.1 Å². The van der Waals surface area contributed by atoms with Crippen LogP contribution >= 0.6 is 15.9 Å². The Kier molecular flexibility index (Phi) is 7.26. The predicted molar refractivity (Wildman–Crippen MR) is 115 cm³/mol. The molecule has 1 amide bonds. The van der Waals surface area contributed by atoms with Gasteiger partial charge in [-0.05, 0) is 49.6 Å². The highest BCUT2D eigenvalue weighted by Gasteiger charge is 2.28. The Labute approximate surface area is 179 Å². The van der Waals surface area contributed by atoms with E-state index in [1.807, 2.05) is 31.2 Å². The Morgan fingerprint density at radius 1 is 1.21 bits per heavy atom. The van der Waals surface area contributed by atoms with E-state index >= 15 is 0 Å². The second-order valence-electron chi connectivity index (χ2n) is 6.90. The second-order valence-corrected chi connectivity index (χ2v) is 9.91. The van der Waals surface area contributed by atoms with Crippen LogP contribution in [0.1, 0.15) is 36.5 Å². The smallest absolute Gasteiger partial charge is 0.253 e. The maximum atomic E-state index is 12.5. The first-order valence-electron chi connectivity index (χ1n) is 9.55. The van der Waals surface area contributed by atoms with Crippen LogP contribution in [0.2, 0.25) is 0 Å². The van der Waals surface area contributed by atoms with E-state index in [0.717, 1.165) is 4.47 Å². The summed E-state index contributed by atoms with van der Waals surface area (Å²) in [5, 5.41) is 2.97. The van der Waals surface area contributed by atoms with Crippen LogP contribution in [0, 0.1) is 0 Å². The summed E-state index contributed by atoms with van der Waals surface area (Å²) in [5.41, 5.74) is 0.439. The van der Waals surface area contributed by atoms with E-state index in [2.05, 4.69) is 26.2 Å². The number of hydrogen-bond acceptors (Lipinski definition) is 5. The highest BCUT2D eigenvalue weighted by molar-refractivity contribution is 9.10. The number of carbonyl (C=O) groups excluding carboxylic acids is 1. The zero-order valence-electron chi connectivity index (χ0n) is 16.2. The van der Waals surface area contributed by atoms with Crippen LogP contribution in [-0.4, -0.2) is 48.5 Å². The van der Waals surface area contributed by atoms with Crippen molar-refractivity contribution in [2.45, 2.75) is 32.2 Å². The van der Waals surface area contributed by atoms with Crippen LogP contribution in [0.5, 0.6) is 11.6 Å². The Hall–Kier alpha value is -1.97. The lowest BCUT2D eigenvalue weighted by molar-refractivity contribution is 0.0923. The molecule has 9 heteroatoms. The fourth-order valence-corrected chi connectivity index (χ4v) is 4.94. The molecule has 1 aromatic carbocycles. The number of benzene rings is 1. The van der Waals surface area contributed by atoms with Crippen molar-refractivity contribution in [3.8, 4) is 11.6 Å². The molecule has 1 aliphatic heterocycles. The molecular formula is C20H24BrN3O4S. The Morgan fingerprint density at radius 3 is 2.48 bits per heavy atom. The first-order chi connectivity index (χ1) is 13.9. The monoisotopic (exact) mass is 481 g/mol. The number of nitrogens with zero attached hydrogens (tertiary/aromatic N) is 2. The van der Waals surface area contributed by atoms with Gasteiger partial charge in [-0.3, -0.25) is 4.79 Å². The first-order valence-corrected chi connectivity index (χ1v) is 12.0. The third-order valence-electron chi connectivity index (χ3n) is 4.68. The Morgan fingerprint density at radius 2 is 1.90 bits per heavy atom. The van der Waals surface area contributed by atoms with Crippen molar-refractivity contribution >= 4 is 31.9 Å². The number of piperidine rings is 1. The molecule has 1 N–H and O–H groups in total. The minimum absolute atomic E-state index is 0.0470. The van der Waals surface area contributed by atoms with Crippen LogP contribution in [0.3, 0.4) is 0 Å². The summed E-state index contributed by atoms with van der Waals surface area (Å²) in [5.74, 6) is 1.01. The average Bonchev–Trinajstić information content (AvgIpc) is 2.70. The number of nitrogens with one attached hydrogen (secondary N) is 1. The summed E-state index contributed by atoms with van der Waals surface area (Å²) in [4.78, 5) is 16.7. The number of hydrogen-bond donors (Lipinski definition) is 1. The van der Waals surface area contributed by atoms with Crippen molar-refractivity contribution in [2.24, 2.45) is 0 Å². The molecule has 0 bridgehead atoms. The molecule has 1 aliphatic rings. The number of aromatic nitrogens is 1. The van der Waals surface area contributed by atoms with Crippen molar-refractivity contribution in [3.05, 3.63) is 52.6 Å². The zero-order valence-corrected chi connectivity index (χ0v) is 18.6. The van der Waals surface area contributed by atoms with Crippen molar-refractivity contribution in [3.63, 3.8) is 0 Å². The topological polar surface area (TPSA) is 88.6 Å². The van der Waals surface area contributed by atoms with E-state index in [-0.39, 0.29) is 17.7 Å². The Bertz CT molecular complexity index is 925. The molecule has 1 fully saturated rings. The summed E-state index contributed by atoms with van der Waals surface area (Å²) in [6.07, 6.45) is 3.29. The maximum absolute atomic E-state index is 12.5. The van der Waals surface area contributed by atoms with Gasteiger partial charge in [-0.25, -0.2) is 17.7 Å². The molecule has 0 atom stereocenters. The third kappa shape index (κ3) is 6.01. The summed E-state index contributed by atoms with van der Waals surface area (Å²) in [6.45, 7) is 2.73. The van der Waals surface area contributed by atoms with Gasteiger partial charge in [0.2, 0.25) is 15.9 Å². The lowest BCUT2D eigenvalue weighted by Gasteiger charge is -2.31. The normalized spacial score (nSPS) is 15.8. The van der Waals surface area contributed by atoms with E-state index in [1.165, 1.54) is 10.5 Å². The molecule has 2 heterocycles. The van der Waals surface area contributed by atoms with Gasteiger partial charge in [0.05, 0.1) is 11.3 Å². The minimum atomic E-state index is -3.18. The lowest BCUT2D eigenvalue weighted by atomic mass is 10.1. The van der Waals surface area contributed by atoms with E-state index in [9.17, 15) is 13.2 Å². The second kappa shape index (κ2) is 9.69. The third-order valence-corrected chi connectivity index (χ3v) is 7.28. The minimum Gasteiger partial charge on any atom is -0.439 e. The fraction of sp³-hybridized carbons (Fsp3) is 0.400. The lowest BCUT2D eigenvalue weighted by Crippen LogP contribution is -2.47. The van der Waals surface area contributed by atoms with Crippen molar-refractivity contribution in [2.75, 3.05) is 18.8 Å². The number of rotatable bonds is 7. The van der Waals surface area contributed by atoms with E-state index in [0.29, 0.717) is 49.5 Å². The number of amides is 1. The fourth-order valence-electron chi connectivity index (χ4n) is 3.13. The summed E-state index contributed by atoms with van der Waals surface area (Å²) in [6, 6.07) is 10.6. The number of halogens is 1. The Balaban J connectivity index is 1.52. The summed E-state index contributed by atoms with van der Waals surface area (Å²) in [7, 11) is -3.18. The molecule has 2 aromatic rings. The predicted octanol–water partition coefficient (Wildman–Crippen LogP) is 3.57. The standard InChI is InChI=1S/C20H24BrN3O4S/c1-2-13-29(26,27)24-11-9-17(10-12-24)23-20(25)15-3-8-19(22-14-15)28-18-6-4-16(21)5-7-18/h3-8,14,17H,2,9-13H2,1H3,(H,23,25). The van der Waals surface area contributed by atoms with Crippen LogP contribution in [0.25, 0.3) is 0 Å². The zero-order chi connectivity index (χ0) is 20.9. The SMILES string of the molecule is CCCS(=O)(=O)N1CCC(NC(=O)c2ccc(Oc3ccc(Br)cc3)nc2)CC1. The van der Waals surface area contributed by atoms with Crippen LogP contribution in [0.15, 0.2) is 47.1 Å². The number of pyridine rings is 1. The number of ether oxygens (including phenoxy) is 1. The molecule has 156 valence electrons. The quantitative estimate of drug-likeness (QED) is 0.652. The van der Waals surface area contributed by atoms with Gasteiger partial charge in [-0.2, -0.15) is 0 Å². The number of sulfonamides is 1. The van der Waals surface area contributed by atoms with Crippen LogP contribution in [0.4, 0.5) is 0 Å². The number of carbonyl (C=O) groups is 1. The molecule has 3 rings (SSSR count). The highest BCUT2D eigenvalue weighted by atomic mass is 79.9. The summed E-state index contributed by atoms with van der Waals surface area (Å²) >= 11 is 3.37. The molecule has 1 aromatic heterocycles. The molecular weight excluding hydrogens is 458 g/mol. The average molecular weight is 482 g/mol. The van der Waals surface area contributed by atoms with Gasteiger partial charge in [0, 0.05) is 35.9 Å². The van der Waals surface area contributed by atoms with Crippen molar-refractivity contribution < 1.29 is 17.9 Å². The summed E-state index contributed by atoms with van der Waals surface area (Å²) < 4.78 is 32.4. The molecule has 7 nitrogen and oxygen atoms in total. The molecule has 1 saturated heterocycles. The van der Waals surface area contributed by atoms with Gasteiger partial charge >= 0.3 is 0 Å². The maximum Gasteiger partial charge on any atom is 0.253 e. The van der Waals surface area contributed by atoms with Gasteiger partial charge in [-0.1, -0.05) is 22.9 Å². The van der Waals surface area contributed by atoms with Crippen molar-refractivity contribution in [1.82, 2.24) is 14.6 Å². The van der Waals surface area contributed by atoms with Crippen LogP contribution < -0.4 is 10.1 Å². The van der Waals surface area contributed by atoms with Gasteiger partial charge in [0.1, 0.15) is 5.75 Å². The van der Waals surface area contributed by atoms with Gasteiger partial charge in [0.25, 0.3) is 5.91 Å².